The Hall–Kier alpha value is -4.33. The van der Waals surface area contributed by atoms with Crippen molar-refractivity contribution in [2.45, 2.75) is 0 Å². The first-order valence-corrected chi connectivity index (χ1v) is 8.37. The van der Waals surface area contributed by atoms with Gasteiger partial charge in [-0.25, -0.2) is 14.4 Å². The molecule has 2 N–H and O–H groups in total. The first-order valence-electron chi connectivity index (χ1n) is 8.37. The van der Waals surface area contributed by atoms with E-state index < -0.39 is 18.2 Å². The number of nitrogens with one attached hydrogen (secondary N) is 1. The summed E-state index contributed by atoms with van der Waals surface area (Å²) in [5.74, 6) is -0.785. The summed E-state index contributed by atoms with van der Waals surface area (Å²) in [6.07, 6.45) is -1.95. The zero-order valence-corrected chi connectivity index (χ0v) is 14.9. The molecule has 0 saturated heterocycles. The van der Waals surface area contributed by atoms with Crippen LogP contribution in [0.5, 0.6) is 17.2 Å². The molecule has 0 radical (unpaired) electrons. The molecule has 0 fully saturated rings. The average Bonchev–Trinajstić information content (AvgIpc) is 2.70. The third-order valence-corrected chi connectivity index (χ3v) is 3.55. The van der Waals surface area contributed by atoms with Crippen molar-refractivity contribution in [3.05, 3.63) is 84.4 Å². The lowest BCUT2D eigenvalue weighted by molar-refractivity contribution is 0.0697. The summed E-state index contributed by atoms with van der Waals surface area (Å²) < 4.78 is 15.2. The van der Waals surface area contributed by atoms with E-state index in [0.717, 1.165) is 6.07 Å². The van der Waals surface area contributed by atoms with Crippen LogP contribution in [-0.4, -0.2) is 23.3 Å². The molecule has 29 heavy (non-hydrogen) atoms. The molecule has 0 aliphatic heterocycles. The molecule has 8 nitrogen and oxygen atoms in total. The number of rotatable bonds is 5. The highest BCUT2D eigenvalue weighted by Crippen LogP contribution is 2.27. The lowest BCUT2D eigenvalue weighted by Gasteiger charge is -2.12. The number of hydrogen-bond donors (Lipinski definition) is 2. The van der Waals surface area contributed by atoms with Gasteiger partial charge in [0, 0.05) is 0 Å². The van der Waals surface area contributed by atoms with E-state index in [-0.39, 0.29) is 28.5 Å². The van der Waals surface area contributed by atoms with Crippen LogP contribution in [0.4, 0.5) is 15.3 Å². The lowest BCUT2D eigenvalue weighted by Crippen LogP contribution is -2.19. The molecule has 0 atom stereocenters. The zero-order valence-electron chi connectivity index (χ0n) is 14.9. The van der Waals surface area contributed by atoms with E-state index in [1.165, 1.54) is 12.1 Å². The Morgan fingerprint density at radius 2 is 1.31 bits per heavy atom. The molecule has 0 unspecified atom stereocenters. The number of carbonyl (C=O) groups is 3. The molecular weight excluding hydrogens is 378 g/mol. The second-order valence-electron chi connectivity index (χ2n) is 5.61. The minimum Gasteiger partial charge on any atom is -0.478 e. The van der Waals surface area contributed by atoms with Crippen LogP contribution in [0.25, 0.3) is 0 Å². The minimum absolute atomic E-state index is 0.0733. The van der Waals surface area contributed by atoms with Gasteiger partial charge >= 0.3 is 18.2 Å². The molecular formula is C21H15NO7. The van der Waals surface area contributed by atoms with Gasteiger partial charge in [0.25, 0.3) is 0 Å². The van der Waals surface area contributed by atoms with Crippen molar-refractivity contribution in [3.8, 4) is 17.2 Å². The second kappa shape index (κ2) is 9.05. The smallest absolute Gasteiger partial charge is 0.478 e. The monoisotopic (exact) mass is 393 g/mol. The maximum absolute atomic E-state index is 12.1. The highest BCUT2D eigenvalue weighted by molar-refractivity contribution is 5.94. The summed E-state index contributed by atoms with van der Waals surface area (Å²) in [6, 6.07) is 20.1. The highest BCUT2D eigenvalue weighted by atomic mass is 16.7. The SMILES string of the molecule is O=C(Nc1cc(C(=O)O)ccc1OC(=O)Oc1ccccc1)Oc1ccccc1. The lowest BCUT2D eigenvalue weighted by atomic mass is 10.2. The molecule has 0 bridgehead atoms. The van der Waals surface area contributed by atoms with Gasteiger partial charge in [0.05, 0.1) is 11.3 Å². The Balaban J connectivity index is 1.76. The predicted molar refractivity (Wildman–Crippen MR) is 103 cm³/mol. The molecule has 146 valence electrons. The summed E-state index contributed by atoms with van der Waals surface area (Å²) in [7, 11) is 0. The molecule has 0 heterocycles. The number of amides is 1. The van der Waals surface area contributed by atoms with Crippen LogP contribution in [-0.2, 0) is 0 Å². The van der Waals surface area contributed by atoms with Crippen molar-refractivity contribution in [1.82, 2.24) is 0 Å². The van der Waals surface area contributed by atoms with Crippen LogP contribution in [0.3, 0.4) is 0 Å². The Morgan fingerprint density at radius 1 is 0.724 bits per heavy atom. The van der Waals surface area contributed by atoms with Gasteiger partial charge in [-0.15, -0.1) is 0 Å². The van der Waals surface area contributed by atoms with Crippen LogP contribution in [0, 0.1) is 0 Å². The largest absolute Gasteiger partial charge is 0.519 e. The number of anilines is 1. The summed E-state index contributed by atoms with van der Waals surface area (Å²) in [5.41, 5.74) is -0.195. The molecule has 0 aromatic heterocycles. The molecule has 8 heteroatoms. The van der Waals surface area contributed by atoms with E-state index in [0.29, 0.717) is 0 Å². The van der Waals surface area contributed by atoms with Crippen LogP contribution in [0.2, 0.25) is 0 Å². The van der Waals surface area contributed by atoms with E-state index in [1.54, 1.807) is 60.7 Å². The van der Waals surface area contributed by atoms with Gasteiger partial charge in [0.1, 0.15) is 11.5 Å². The van der Waals surface area contributed by atoms with Gasteiger partial charge in [0.2, 0.25) is 0 Å². The zero-order chi connectivity index (χ0) is 20.6. The van der Waals surface area contributed by atoms with Gasteiger partial charge in [-0.3, -0.25) is 5.32 Å². The maximum Gasteiger partial charge on any atom is 0.519 e. The molecule has 0 aliphatic carbocycles. The first kappa shape index (κ1) is 19.4. The minimum atomic E-state index is -1.22. The highest BCUT2D eigenvalue weighted by Gasteiger charge is 2.17. The van der Waals surface area contributed by atoms with E-state index in [2.05, 4.69) is 5.32 Å². The van der Waals surface area contributed by atoms with E-state index in [4.69, 9.17) is 19.3 Å². The van der Waals surface area contributed by atoms with Crippen molar-refractivity contribution < 1.29 is 33.7 Å². The number of aromatic carboxylic acids is 1. The molecule has 0 spiro atoms. The summed E-state index contributed by atoms with van der Waals surface area (Å²) in [6.45, 7) is 0. The molecule has 3 rings (SSSR count). The average molecular weight is 393 g/mol. The normalized spacial score (nSPS) is 9.93. The second-order valence-corrected chi connectivity index (χ2v) is 5.61. The fourth-order valence-corrected chi connectivity index (χ4v) is 2.28. The topological polar surface area (TPSA) is 111 Å². The fraction of sp³-hybridized carbons (Fsp3) is 0. The van der Waals surface area contributed by atoms with Crippen LogP contribution < -0.4 is 19.5 Å². The predicted octanol–water partition coefficient (Wildman–Crippen LogP) is 4.57. The van der Waals surface area contributed by atoms with Gasteiger partial charge in [-0.2, -0.15) is 0 Å². The Morgan fingerprint density at radius 3 is 1.90 bits per heavy atom. The van der Waals surface area contributed by atoms with Gasteiger partial charge in [0.15, 0.2) is 5.75 Å². The van der Waals surface area contributed by atoms with Crippen LogP contribution >= 0.6 is 0 Å². The summed E-state index contributed by atoms with van der Waals surface area (Å²) in [4.78, 5) is 35.4. The van der Waals surface area contributed by atoms with Crippen molar-refractivity contribution >= 4 is 23.9 Å². The number of carboxylic acid groups (broad SMARTS) is 1. The number of carboxylic acids is 1. The third-order valence-electron chi connectivity index (χ3n) is 3.55. The van der Waals surface area contributed by atoms with E-state index >= 15 is 0 Å². The van der Waals surface area contributed by atoms with Gasteiger partial charge < -0.3 is 19.3 Å². The molecule has 3 aromatic carbocycles. The van der Waals surface area contributed by atoms with Crippen molar-refractivity contribution in [1.29, 1.82) is 0 Å². The van der Waals surface area contributed by atoms with Crippen LogP contribution in [0.15, 0.2) is 78.9 Å². The molecule has 1 amide bonds. The van der Waals surface area contributed by atoms with Crippen molar-refractivity contribution in [2.24, 2.45) is 0 Å². The van der Waals surface area contributed by atoms with Crippen molar-refractivity contribution in [3.63, 3.8) is 0 Å². The Kier molecular flexibility index (Phi) is 6.06. The number of ether oxygens (including phenoxy) is 3. The number of benzene rings is 3. The Labute approximate surface area is 165 Å². The first-order chi connectivity index (χ1) is 14.0. The van der Waals surface area contributed by atoms with Gasteiger partial charge in [-0.05, 0) is 42.5 Å². The molecule has 0 saturated carbocycles. The molecule has 0 aliphatic rings. The number of carbonyl (C=O) groups excluding carboxylic acids is 2. The standard InChI is InChI=1S/C21H15NO7/c23-19(24)14-11-12-18(29-21(26)28-16-9-5-2-6-10-16)17(13-14)22-20(25)27-15-7-3-1-4-8-15/h1-13H,(H,22,25)(H,23,24). The van der Waals surface area contributed by atoms with E-state index in [1.807, 2.05) is 0 Å². The third kappa shape index (κ3) is 5.57. The maximum atomic E-state index is 12.1. The summed E-state index contributed by atoms with van der Waals surface area (Å²) >= 11 is 0. The Bertz CT molecular complexity index is 1020. The van der Waals surface area contributed by atoms with E-state index in [9.17, 15) is 14.4 Å². The number of para-hydroxylation sites is 2. The van der Waals surface area contributed by atoms with Crippen molar-refractivity contribution in [2.75, 3.05) is 5.32 Å². The fourth-order valence-electron chi connectivity index (χ4n) is 2.28. The molecule has 3 aromatic rings. The quantitative estimate of drug-likeness (QED) is 0.482. The summed E-state index contributed by atoms with van der Waals surface area (Å²) in [5, 5.41) is 11.5. The van der Waals surface area contributed by atoms with Crippen LogP contribution in [0.1, 0.15) is 10.4 Å². The van der Waals surface area contributed by atoms with Gasteiger partial charge in [-0.1, -0.05) is 36.4 Å². The number of hydrogen-bond acceptors (Lipinski definition) is 6.